The molecule has 1 aromatic carbocycles. The molecule has 2 aliphatic rings. The lowest BCUT2D eigenvalue weighted by Crippen LogP contribution is -2.64. The number of sulfonamides is 1. The number of benzene rings is 1. The summed E-state index contributed by atoms with van der Waals surface area (Å²) in [5.41, 5.74) is 0.264. The highest BCUT2D eigenvalue weighted by Gasteiger charge is 2.55. The van der Waals surface area contributed by atoms with Gasteiger partial charge in [-0.05, 0) is 36.5 Å². The largest absolute Gasteiger partial charge is 0.387 e. The molecule has 0 radical (unpaired) electrons. The Labute approximate surface area is 121 Å². The highest BCUT2D eigenvalue weighted by molar-refractivity contribution is 9.08. The minimum atomic E-state index is -3.45. The lowest BCUT2D eigenvalue weighted by atomic mass is 9.91. The molecule has 3 rings (SSSR count). The van der Waals surface area contributed by atoms with Crippen LogP contribution in [0.25, 0.3) is 0 Å². The molecule has 0 unspecified atom stereocenters. The first-order valence-electron chi connectivity index (χ1n) is 6.33. The molecule has 0 atom stereocenters. The van der Waals surface area contributed by atoms with Crippen molar-refractivity contribution in [3.05, 3.63) is 29.8 Å². The summed E-state index contributed by atoms with van der Waals surface area (Å²) in [5.74, 6) is 0.301. The van der Waals surface area contributed by atoms with Gasteiger partial charge < -0.3 is 5.11 Å². The molecule has 6 heteroatoms. The molecule has 2 fully saturated rings. The van der Waals surface area contributed by atoms with E-state index in [9.17, 15) is 13.5 Å². The average molecular weight is 346 g/mol. The topological polar surface area (TPSA) is 57.6 Å². The summed E-state index contributed by atoms with van der Waals surface area (Å²) in [6, 6.07) is 6.85. The monoisotopic (exact) mass is 345 g/mol. The third-order valence-electron chi connectivity index (χ3n) is 3.95. The van der Waals surface area contributed by atoms with E-state index in [1.807, 2.05) is 0 Å². The number of β-amino-alcohol motifs (C(OH)–C–C–N with tert-alkyl or cyclic N) is 1. The SMILES string of the molecule is O=S(=O)(c1ccc(CBr)cc1)N1CC(O)(C2CC2)C1. The predicted octanol–water partition coefficient (Wildman–Crippen LogP) is 1.73. The van der Waals surface area contributed by atoms with Crippen LogP contribution in [0.5, 0.6) is 0 Å². The standard InChI is InChI=1S/C13H16BrNO3S/c14-7-10-1-5-12(6-2-10)19(17,18)15-8-13(16,9-15)11-3-4-11/h1-2,5-6,11,16H,3-4,7-9H2. The van der Waals surface area contributed by atoms with Gasteiger partial charge in [-0.15, -0.1) is 0 Å². The maximum Gasteiger partial charge on any atom is 0.243 e. The molecule has 0 amide bonds. The van der Waals surface area contributed by atoms with Gasteiger partial charge in [0.2, 0.25) is 10.0 Å². The number of aliphatic hydroxyl groups is 1. The van der Waals surface area contributed by atoms with Gasteiger partial charge in [0.15, 0.2) is 0 Å². The molecule has 0 bridgehead atoms. The molecule has 104 valence electrons. The van der Waals surface area contributed by atoms with Crippen molar-refractivity contribution >= 4 is 26.0 Å². The van der Waals surface area contributed by atoms with Crippen molar-refractivity contribution in [1.82, 2.24) is 4.31 Å². The lowest BCUT2D eigenvalue weighted by Gasteiger charge is -2.45. The molecule has 1 aliphatic heterocycles. The molecule has 1 heterocycles. The van der Waals surface area contributed by atoms with Gasteiger partial charge in [-0.25, -0.2) is 8.42 Å². The van der Waals surface area contributed by atoms with Gasteiger partial charge in [0.1, 0.15) is 0 Å². The van der Waals surface area contributed by atoms with E-state index >= 15 is 0 Å². The fourth-order valence-corrected chi connectivity index (χ4v) is 4.45. The van der Waals surface area contributed by atoms with Crippen LogP contribution in [0.15, 0.2) is 29.2 Å². The summed E-state index contributed by atoms with van der Waals surface area (Å²) in [6.07, 6.45) is 2.04. The van der Waals surface area contributed by atoms with Crippen molar-refractivity contribution in [2.45, 2.75) is 28.7 Å². The molecular formula is C13H16BrNO3S. The van der Waals surface area contributed by atoms with E-state index in [4.69, 9.17) is 0 Å². The van der Waals surface area contributed by atoms with Crippen LogP contribution in [0.3, 0.4) is 0 Å². The Balaban J connectivity index is 1.76. The first-order valence-corrected chi connectivity index (χ1v) is 8.89. The van der Waals surface area contributed by atoms with Crippen LogP contribution < -0.4 is 0 Å². The van der Waals surface area contributed by atoms with E-state index in [0.29, 0.717) is 16.1 Å². The molecule has 19 heavy (non-hydrogen) atoms. The Morgan fingerprint density at radius 2 is 1.84 bits per heavy atom. The van der Waals surface area contributed by atoms with Crippen molar-refractivity contribution in [2.75, 3.05) is 13.1 Å². The highest BCUT2D eigenvalue weighted by Crippen LogP contribution is 2.45. The molecular weight excluding hydrogens is 330 g/mol. The predicted molar refractivity (Wildman–Crippen MR) is 75.5 cm³/mol. The summed E-state index contributed by atoms with van der Waals surface area (Å²) in [7, 11) is -3.45. The Kier molecular flexibility index (Phi) is 3.24. The number of nitrogens with zero attached hydrogens (tertiary/aromatic N) is 1. The molecule has 0 spiro atoms. The second-order valence-electron chi connectivity index (χ2n) is 5.43. The summed E-state index contributed by atoms with van der Waals surface area (Å²) in [6.45, 7) is 0.473. The first-order chi connectivity index (χ1) is 8.95. The molecule has 1 saturated heterocycles. The van der Waals surface area contributed by atoms with Crippen LogP contribution in [0, 0.1) is 5.92 Å². The molecule has 1 N–H and O–H groups in total. The number of rotatable bonds is 4. The van der Waals surface area contributed by atoms with E-state index in [1.165, 1.54) is 4.31 Å². The van der Waals surface area contributed by atoms with Crippen molar-refractivity contribution in [3.8, 4) is 0 Å². The first kappa shape index (κ1) is 13.5. The van der Waals surface area contributed by atoms with Crippen LogP contribution >= 0.6 is 15.9 Å². The Hall–Kier alpha value is -0.430. The summed E-state index contributed by atoms with van der Waals surface area (Å²) in [4.78, 5) is 0.301. The summed E-state index contributed by atoms with van der Waals surface area (Å²) < 4.78 is 26.1. The van der Waals surface area contributed by atoms with Crippen LogP contribution in [0.2, 0.25) is 0 Å². The zero-order chi connectivity index (χ0) is 13.7. The third-order valence-corrected chi connectivity index (χ3v) is 6.41. The van der Waals surface area contributed by atoms with Gasteiger partial charge in [0, 0.05) is 18.4 Å². The van der Waals surface area contributed by atoms with E-state index in [-0.39, 0.29) is 13.1 Å². The van der Waals surface area contributed by atoms with E-state index in [0.717, 1.165) is 18.4 Å². The number of hydrogen-bond acceptors (Lipinski definition) is 3. The van der Waals surface area contributed by atoms with E-state index in [1.54, 1.807) is 24.3 Å². The highest BCUT2D eigenvalue weighted by atomic mass is 79.9. The molecule has 1 aliphatic carbocycles. The Morgan fingerprint density at radius 1 is 1.26 bits per heavy atom. The van der Waals surface area contributed by atoms with Crippen molar-refractivity contribution < 1.29 is 13.5 Å². The van der Waals surface area contributed by atoms with Gasteiger partial charge >= 0.3 is 0 Å². The number of alkyl halides is 1. The van der Waals surface area contributed by atoms with Gasteiger partial charge in [0.05, 0.1) is 10.5 Å². The number of halogens is 1. The average Bonchev–Trinajstić information content (AvgIpc) is 3.19. The maximum absolute atomic E-state index is 12.3. The van der Waals surface area contributed by atoms with Gasteiger partial charge in [0.25, 0.3) is 0 Å². The summed E-state index contributed by atoms with van der Waals surface area (Å²) >= 11 is 3.33. The Bertz CT molecular complexity index is 574. The Morgan fingerprint density at radius 3 is 2.32 bits per heavy atom. The fraction of sp³-hybridized carbons (Fsp3) is 0.538. The van der Waals surface area contributed by atoms with Gasteiger partial charge in [-0.1, -0.05) is 28.1 Å². The zero-order valence-corrected chi connectivity index (χ0v) is 12.8. The second kappa shape index (κ2) is 4.55. The quantitative estimate of drug-likeness (QED) is 0.845. The second-order valence-corrected chi connectivity index (χ2v) is 7.93. The lowest BCUT2D eigenvalue weighted by molar-refractivity contribution is -0.0764. The zero-order valence-electron chi connectivity index (χ0n) is 10.4. The van der Waals surface area contributed by atoms with Crippen molar-refractivity contribution in [2.24, 2.45) is 5.92 Å². The van der Waals surface area contributed by atoms with Crippen LogP contribution in [-0.4, -0.2) is 36.5 Å². The fourth-order valence-electron chi connectivity index (χ4n) is 2.51. The molecule has 1 aromatic rings. The smallest absolute Gasteiger partial charge is 0.243 e. The minimum absolute atomic E-state index is 0.236. The minimum Gasteiger partial charge on any atom is -0.387 e. The van der Waals surface area contributed by atoms with Crippen LogP contribution in [-0.2, 0) is 15.4 Å². The van der Waals surface area contributed by atoms with Crippen LogP contribution in [0.4, 0.5) is 0 Å². The van der Waals surface area contributed by atoms with Crippen molar-refractivity contribution in [1.29, 1.82) is 0 Å². The normalized spacial score (nSPS) is 23.1. The van der Waals surface area contributed by atoms with Gasteiger partial charge in [-0.3, -0.25) is 0 Å². The van der Waals surface area contributed by atoms with Crippen molar-refractivity contribution in [3.63, 3.8) is 0 Å². The molecule has 0 aromatic heterocycles. The molecule has 1 saturated carbocycles. The van der Waals surface area contributed by atoms with E-state index < -0.39 is 15.6 Å². The third kappa shape index (κ3) is 2.35. The number of hydrogen-bond donors (Lipinski definition) is 1. The van der Waals surface area contributed by atoms with Gasteiger partial charge in [-0.2, -0.15) is 4.31 Å². The van der Waals surface area contributed by atoms with Crippen LogP contribution in [0.1, 0.15) is 18.4 Å². The maximum atomic E-state index is 12.3. The van der Waals surface area contributed by atoms with E-state index in [2.05, 4.69) is 15.9 Å². The summed E-state index contributed by atoms with van der Waals surface area (Å²) in [5, 5.41) is 10.9. The molecule has 4 nitrogen and oxygen atoms in total.